The number of amides is 2. The molecule has 2 aliphatic rings. The third-order valence-electron chi connectivity index (χ3n) is 3.95. The minimum atomic E-state index is -0.926. The SMILES string of the molecule is CC(=O)NC(c1ccc(N2CC(F)C2)c(F)c1)C1CNC(=O)O1. The highest BCUT2D eigenvalue weighted by Gasteiger charge is 2.34. The molecule has 2 aliphatic heterocycles. The maximum absolute atomic E-state index is 14.3. The van der Waals surface area contributed by atoms with Gasteiger partial charge in [0.1, 0.15) is 18.1 Å². The summed E-state index contributed by atoms with van der Waals surface area (Å²) in [6, 6.07) is 3.83. The lowest BCUT2D eigenvalue weighted by molar-refractivity contribution is -0.120. The van der Waals surface area contributed by atoms with E-state index in [1.54, 1.807) is 17.0 Å². The number of carbonyl (C=O) groups is 2. The van der Waals surface area contributed by atoms with Crippen LogP contribution in [0.4, 0.5) is 19.3 Å². The topological polar surface area (TPSA) is 70.7 Å². The van der Waals surface area contributed by atoms with Crippen LogP contribution in [0.15, 0.2) is 18.2 Å². The van der Waals surface area contributed by atoms with Crippen molar-refractivity contribution in [2.24, 2.45) is 0 Å². The van der Waals surface area contributed by atoms with Gasteiger partial charge >= 0.3 is 6.09 Å². The van der Waals surface area contributed by atoms with Gasteiger partial charge in [-0.25, -0.2) is 13.6 Å². The molecule has 2 fully saturated rings. The van der Waals surface area contributed by atoms with E-state index in [9.17, 15) is 18.4 Å². The largest absolute Gasteiger partial charge is 0.442 e. The van der Waals surface area contributed by atoms with E-state index >= 15 is 0 Å². The van der Waals surface area contributed by atoms with Crippen molar-refractivity contribution >= 4 is 17.7 Å². The Morgan fingerprint density at radius 1 is 1.48 bits per heavy atom. The molecule has 1 aromatic carbocycles. The lowest BCUT2D eigenvalue weighted by Crippen LogP contribution is -2.48. The highest BCUT2D eigenvalue weighted by Crippen LogP contribution is 2.30. The van der Waals surface area contributed by atoms with E-state index in [1.807, 2.05) is 0 Å². The van der Waals surface area contributed by atoms with Gasteiger partial charge in [-0.15, -0.1) is 0 Å². The van der Waals surface area contributed by atoms with Gasteiger partial charge in [0.2, 0.25) is 5.91 Å². The van der Waals surface area contributed by atoms with Crippen LogP contribution in [0.25, 0.3) is 0 Å². The number of hydrogen-bond acceptors (Lipinski definition) is 4. The van der Waals surface area contributed by atoms with Crippen LogP contribution in [-0.4, -0.2) is 43.9 Å². The third kappa shape index (κ3) is 3.20. The van der Waals surface area contributed by atoms with Crippen LogP contribution in [0, 0.1) is 5.82 Å². The van der Waals surface area contributed by atoms with E-state index in [0.29, 0.717) is 11.3 Å². The number of alkyl halides is 1. The van der Waals surface area contributed by atoms with Crippen molar-refractivity contribution in [3.8, 4) is 0 Å². The zero-order valence-electron chi connectivity index (χ0n) is 12.5. The Balaban J connectivity index is 1.82. The van der Waals surface area contributed by atoms with Gasteiger partial charge < -0.3 is 20.3 Å². The summed E-state index contributed by atoms with van der Waals surface area (Å²) in [7, 11) is 0. The average molecular weight is 325 g/mol. The molecule has 3 rings (SSSR count). The molecule has 0 bridgehead atoms. The van der Waals surface area contributed by atoms with Crippen molar-refractivity contribution < 1.29 is 23.1 Å². The van der Waals surface area contributed by atoms with Crippen LogP contribution < -0.4 is 15.5 Å². The van der Waals surface area contributed by atoms with Crippen molar-refractivity contribution in [1.29, 1.82) is 0 Å². The van der Waals surface area contributed by atoms with E-state index in [0.717, 1.165) is 0 Å². The number of nitrogens with zero attached hydrogens (tertiary/aromatic N) is 1. The first-order valence-electron chi connectivity index (χ1n) is 7.34. The summed E-state index contributed by atoms with van der Waals surface area (Å²) in [5.41, 5.74) is 0.811. The number of hydrogen-bond donors (Lipinski definition) is 2. The van der Waals surface area contributed by atoms with Crippen molar-refractivity contribution in [2.75, 3.05) is 24.5 Å². The van der Waals surface area contributed by atoms with Crippen molar-refractivity contribution in [1.82, 2.24) is 10.6 Å². The van der Waals surface area contributed by atoms with E-state index in [2.05, 4.69) is 10.6 Å². The highest BCUT2D eigenvalue weighted by atomic mass is 19.1. The number of anilines is 1. The fraction of sp³-hybridized carbons (Fsp3) is 0.467. The Morgan fingerprint density at radius 3 is 2.74 bits per heavy atom. The van der Waals surface area contributed by atoms with Crippen molar-refractivity contribution in [2.45, 2.75) is 25.2 Å². The maximum atomic E-state index is 14.3. The summed E-state index contributed by atoms with van der Waals surface area (Å²) >= 11 is 0. The molecule has 0 aliphatic carbocycles. The van der Waals surface area contributed by atoms with Crippen LogP contribution in [0.1, 0.15) is 18.5 Å². The number of halogens is 2. The molecule has 0 spiro atoms. The van der Waals surface area contributed by atoms with Gasteiger partial charge in [0.15, 0.2) is 0 Å². The predicted octanol–water partition coefficient (Wildman–Crippen LogP) is 1.27. The Bertz CT molecular complexity index is 634. The Labute approximate surface area is 131 Å². The molecule has 2 heterocycles. The van der Waals surface area contributed by atoms with E-state index < -0.39 is 30.2 Å². The Morgan fingerprint density at radius 2 is 2.22 bits per heavy atom. The second-order valence-electron chi connectivity index (χ2n) is 5.72. The van der Waals surface area contributed by atoms with E-state index in [1.165, 1.54) is 13.0 Å². The van der Waals surface area contributed by atoms with Gasteiger partial charge in [0.25, 0.3) is 0 Å². The minimum Gasteiger partial charge on any atom is -0.442 e. The fourth-order valence-electron chi connectivity index (χ4n) is 2.80. The molecule has 6 nitrogen and oxygen atoms in total. The Kier molecular flexibility index (Phi) is 4.06. The average Bonchev–Trinajstić information content (AvgIpc) is 2.88. The van der Waals surface area contributed by atoms with Gasteiger partial charge in [-0.2, -0.15) is 0 Å². The van der Waals surface area contributed by atoms with Gasteiger partial charge in [-0.1, -0.05) is 6.07 Å². The fourth-order valence-corrected chi connectivity index (χ4v) is 2.80. The molecule has 2 atom stereocenters. The summed E-state index contributed by atoms with van der Waals surface area (Å²) in [6.45, 7) is 1.91. The van der Waals surface area contributed by atoms with Gasteiger partial charge in [0, 0.05) is 6.92 Å². The zero-order valence-corrected chi connectivity index (χ0v) is 12.5. The number of rotatable bonds is 4. The van der Waals surface area contributed by atoms with E-state index in [4.69, 9.17) is 4.74 Å². The third-order valence-corrected chi connectivity index (χ3v) is 3.95. The molecule has 23 heavy (non-hydrogen) atoms. The van der Waals surface area contributed by atoms with Crippen molar-refractivity contribution in [3.63, 3.8) is 0 Å². The molecule has 124 valence electrons. The van der Waals surface area contributed by atoms with Gasteiger partial charge in [-0.3, -0.25) is 4.79 Å². The van der Waals surface area contributed by atoms with Crippen LogP contribution in [0.5, 0.6) is 0 Å². The molecule has 2 saturated heterocycles. The molecule has 8 heteroatoms. The lowest BCUT2D eigenvalue weighted by atomic mass is 9.99. The Hall–Kier alpha value is -2.38. The highest BCUT2D eigenvalue weighted by molar-refractivity contribution is 5.74. The molecule has 2 amide bonds. The monoisotopic (exact) mass is 325 g/mol. The van der Waals surface area contributed by atoms with Crippen LogP contribution in [0.3, 0.4) is 0 Å². The standard InChI is InChI=1S/C15H17F2N3O3/c1-8(21)19-14(13-5-18-15(22)23-13)9-2-3-12(11(17)4-9)20-6-10(16)7-20/h2-4,10,13-14H,5-7H2,1H3,(H,18,22)(H,19,21). The molecule has 1 aromatic rings. The second-order valence-corrected chi connectivity index (χ2v) is 5.72. The molecule has 0 radical (unpaired) electrons. The first-order chi connectivity index (χ1) is 10.9. The summed E-state index contributed by atoms with van der Waals surface area (Å²) in [4.78, 5) is 24.2. The number of cyclic esters (lactones) is 1. The quantitative estimate of drug-likeness (QED) is 0.875. The molecule has 0 saturated carbocycles. The summed E-state index contributed by atoms with van der Waals surface area (Å²) in [5, 5.41) is 5.18. The molecule has 2 N–H and O–H groups in total. The lowest BCUT2D eigenvalue weighted by Gasteiger charge is -2.36. The van der Waals surface area contributed by atoms with Crippen molar-refractivity contribution in [3.05, 3.63) is 29.6 Å². The maximum Gasteiger partial charge on any atom is 0.407 e. The summed E-state index contributed by atoms with van der Waals surface area (Å²) < 4.78 is 32.3. The molecular formula is C15H17F2N3O3. The van der Waals surface area contributed by atoms with E-state index in [-0.39, 0.29) is 25.5 Å². The molecular weight excluding hydrogens is 308 g/mol. The number of ether oxygens (including phenoxy) is 1. The summed E-state index contributed by atoms with van der Waals surface area (Å²) in [5.74, 6) is -0.813. The number of nitrogens with one attached hydrogen (secondary N) is 2. The molecule has 0 aromatic heterocycles. The first kappa shape index (κ1) is 15.5. The van der Waals surface area contributed by atoms with Gasteiger partial charge in [0.05, 0.1) is 31.4 Å². The predicted molar refractivity (Wildman–Crippen MR) is 78.3 cm³/mol. The van der Waals surface area contributed by atoms with Gasteiger partial charge in [-0.05, 0) is 17.7 Å². The number of alkyl carbamates (subject to hydrolysis) is 1. The molecule has 2 unspecified atom stereocenters. The summed E-state index contributed by atoms with van der Waals surface area (Å²) in [6.07, 6.45) is -2.11. The minimum absolute atomic E-state index is 0.176. The number of benzene rings is 1. The van der Waals surface area contributed by atoms with Crippen LogP contribution >= 0.6 is 0 Å². The van der Waals surface area contributed by atoms with Crippen LogP contribution in [0.2, 0.25) is 0 Å². The first-order valence-corrected chi connectivity index (χ1v) is 7.34. The normalized spacial score (nSPS) is 22.1. The zero-order chi connectivity index (χ0) is 16.6. The smallest absolute Gasteiger partial charge is 0.407 e. The van der Waals surface area contributed by atoms with Crippen LogP contribution in [-0.2, 0) is 9.53 Å². The second kappa shape index (κ2) is 6.02. The number of carbonyl (C=O) groups excluding carboxylic acids is 2.